The smallest absolute Gasteiger partial charge is 0.162 e. The zero-order valence-electron chi connectivity index (χ0n) is 31.9. The van der Waals surface area contributed by atoms with E-state index in [4.69, 9.17) is 9.97 Å². The zero-order chi connectivity index (χ0) is 36.8. The van der Waals surface area contributed by atoms with Crippen LogP contribution in [0.15, 0.2) is 109 Å². The number of rotatable bonds is 7. The maximum Gasteiger partial charge on any atom is 0.162 e. The second kappa shape index (κ2) is 15.1. The van der Waals surface area contributed by atoms with Gasteiger partial charge in [0.05, 0.1) is 16.9 Å². The summed E-state index contributed by atoms with van der Waals surface area (Å²) >= 11 is 0. The molecule has 8 rings (SSSR count). The molecule has 1 N–H and O–H groups in total. The van der Waals surface area contributed by atoms with E-state index in [1.807, 2.05) is 33.9 Å². The Kier molecular flexibility index (Phi) is 10.9. The summed E-state index contributed by atoms with van der Waals surface area (Å²) in [6.45, 7) is 14.8. The molecule has 273 valence electrons. The van der Waals surface area contributed by atoms with Crippen molar-refractivity contribution in [1.82, 2.24) is 9.97 Å². The Hall–Kier alpha value is -4.44. The summed E-state index contributed by atoms with van der Waals surface area (Å²) in [7, 11) is 0. The minimum absolute atomic E-state index is 0. The van der Waals surface area contributed by atoms with Crippen LogP contribution in [0.2, 0.25) is 0 Å². The van der Waals surface area contributed by atoms with E-state index in [9.17, 15) is 9.90 Å². The Morgan fingerprint density at radius 1 is 0.774 bits per heavy atom. The average molecular weight is 878 g/mol. The van der Waals surface area contributed by atoms with E-state index in [0.29, 0.717) is 0 Å². The van der Waals surface area contributed by atoms with Crippen molar-refractivity contribution >= 4 is 27.3 Å². The van der Waals surface area contributed by atoms with Gasteiger partial charge in [-0.3, -0.25) is 14.8 Å². The quantitative estimate of drug-likeness (QED) is 0.0984. The summed E-state index contributed by atoms with van der Waals surface area (Å²) in [6.07, 6.45) is 6.85. The molecule has 2 aromatic heterocycles. The second-order valence-electron chi connectivity index (χ2n) is 15.3. The van der Waals surface area contributed by atoms with Gasteiger partial charge in [0.15, 0.2) is 5.78 Å². The number of carbonyl (C=O) groups is 1. The molecule has 0 bridgehead atoms. The van der Waals surface area contributed by atoms with E-state index in [-0.39, 0.29) is 48.9 Å². The van der Waals surface area contributed by atoms with Crippen molar-refractivity contribution < 1.29 is 30.0 Å². The molecule has 2 aliphatic rings. The van der Waals surface area contributed by atoms with Crippen LogP contribution in [0.4, 0.5) is 0 Å². The number of benzene rings is 4. The fourth-order valence-corrected chi connectivity index (χ4v) is 8.38. The Balaban J connectivity index is 0.000000258. The van der Waals surface area contributed by atoms with Gasteiger partial charge < -0.3 is 5.11 Å². The number of hydrogen-bond acceptors (Lipinski definition) is 4. The summed E-state index contributed by atoms with van der Waals surface area (Å²) in [4.78, 5) is 22.2. The van der Waals surface area contributed by atoms with Gasteiger partial charge in [-0.15, -0.1) is 23.6 Å². The van der Waals surface area contributed by atoms with Crippen LogP contribution < -0.4 is 0 Å². The molecule has 0 saturated carbocycles. The molecule has 0 aliphatic heterocycles. The first-order chi connectivity index (χ1) is 25.1. The molecule has 4 nitrogen and oxygen atoms in total. The number of aliphatic hydroxyl groups excluding tert-OH is 1. The number of aromatic nitrogens is 2. The minimum Gasteiger partial charge on any atom is -0.512 e. The fraction of sp³-hybridized carbons (Fsp3) is 0.312. The molecule has 2 heterocycles. The maximum absolute atomic E-state index is 11.7. The Morgan fingerprint density at radius 3 is 1.96 bits per heavy atom. The molecule has 0 atom stereocenters. The van der Waals surface area contributed by atoms with Crippen molar-refractivity contribution in [3.8, 4) is 22.4 Å². The van der Waals surface area contributed by atoms with Crippen molar-refractivity contribution in [2.75, 3.05) is 0 Å². The first-order valence-corrected chi connectivity index (χ1v) is 19.0. The largest absolute Gasteiger partial charge is 0.512 e. The van der Waals surface area contributed by atoms with Crippen LogP contribution in [0.3, 0.4) is 0 Å². The van der Waals surface area contributed by atoms with E-state index in [0.717, 1.165) is 59.1 Å². The molecule has 0 fully saturated rings. The third-order valence-electron chi connectivity index (χ3n) is 11.3. The van der Waals surface area contributed by atoms with Crippen molar-refractivity contribution in [3.05, 3.63) is 143 Å². The predicted molar refractivity (Wildman–Crippen MR) is 215 cm³/mol. The molecule has 0 amide bonds. The topological polar surface area (TPSA) is 63.1 Å². The average Bonchev–Trinajstić information content (AvgIpc) is 3.44. The number of hydrogen-bond donors (Lipinski definition) is 1. The number of aliphatic hydroxyl groups is 1. The van der Waals surface area contributed by atoms with Crippen LogP contribution in [0.5, 0.6) is 0 Å². The van der Waals surface area contributed by atoms with Gasteiger partial charge in [-0.2, -0.15) is 0 Å². The number of allylic oxidation sites excluding steroid dienone is 2. The van der Waals surface area contributed by atoms with Crippen LogP contribution in [0, 0.1) is 17.9 Å². The van der Waals surface area contributed by atoms with Gasteiger partial charge in [0, 0.05) is 61.0 Å². The van der Waals surface area contributed by atoms with Gasteiger partial charge in [-0.05, 0) is 70.8 Å². The molecule has 53 heavy (non-hydrogen) atoms. The molecule has 2 aliphatic carbocycles. The normalized spacial score (nSPS) is 13.7. The minimum atomic E-state index is -0.543. The van der Waals surface area contributed by atoms with Gasteiger partial charge in [0.1, 0.15) is 0 Å². The number of fused-ring (bicyclic) bond motifs is 10. The van der Waals surface area contributed by atoms with Gasteiger partial charge >= 0.3 is 0 Å². The van der Waals surface area contributed by atoms with E-state index in [2.05, 4.69) is 118 Å². The van der Waals surface area contributed by atoms with Crippen LogP contribution in [-0.4, -0.2) is 20.9 Å². The number of nitrogens with zero attached hydrogens (tertiary/aromatic N) is 2. The molecule has 1 spiro atoms. The summed E-state index contributed by atoms with van der Waals surface area (Å²) in [6, 6.07) is 36.9. The molecule has 4 aromatic carbocycles. The molecular weight excluding hydrogens is 829 g/mol. The monoisotopic (exact) mass is 878 g/mol. The first kappa shape index (κ1) is 38.3. The van der Waals surface area contributed by atoms with E-state index in [1.165, 1.54) is 44.7 Å². The number of ketones is 1. The third kappa shape index (κ3) is 6.36. The Morgan fingerprint density at radius 2 is 1.36 bits per heavy atom. The van der Waals surface area contributed by atoms with Crippen LogP contribution >= 0.6 is 0 Å². The summed E-state index contributed by atoms with van der Waals surface area (Å²) in [5, 5.41) is 14.4. The van der Waals surface area contributed by atoms with Crippen molar-refractivity contribution in [1.29, 1.82) is 0 Å². The molecule has 0 saturated heterocycles. The van der Waals surface area contributed by atoms with Crippen LogP contribution in [-0.2, 0) is 35.7 Å². The molecular formula is C48H49IrN2O2-. The number of pyridine rings is 2. The Bertz CT molecular complexity index is 2300. The van der Waals surface area contributed by atoms with E-state index >= 15 is 0 Å². The van der Waals surface area contributed by atoms with E-state index < -0.39 is 5.41 Å². The zero-order valence-corrected chi connectivity index (χ0v) is 34.3. The number of carbonyl (C=O) groups excluding carboxylic acids is 1. The standard InChI is InChI=1S/C35H25N2.C13H24O2.Ir/c1-34(2,3)30-20-23-16-17-36-32-26-18-21-10-4-5-11-22(21)19-29(26)35(33(37-30)31(23)32)27-14-8-6-12-24(27)25-13-7-9-15-28(25)35;1-5-10(6-2)12(14)9-13(15)11(7-3)8-4;/h4-17,19-20H,1-3H3;9-11,14H,5-8H2,1-4H3;/q-1;;/b;12-9-;. The van der Waals surface area contributed by atoms with Crippen LogP contribution in [0.25, 0.3) is 43.9 Å². The molecule has 1 radical (unpaired) electrons. The fourth-order valence-electron chi connectivity index (χ4n) is 8.38. The third-order valence-corrected chi connectivity index (χ3v) is 11.3. The summed E-state index contributed by atoms with van der Waals surface area (Å²) in [5.74, 6) is 0.547. The van der Waals surface area contributed by atoms with Gasteiger partial charge in [-0.25, -0.2) is 0 Å². The molecule has 0 unspecified atom stereocenters. The summed E-state index contributed by atoms with van der Waals surface area (Å²) in [5.41, 5.74) is 9.96. The van der Waals surface area contributed by atoms with Crippen molar-refractivity contribution in [3.63, 3.8) is 0 Å². The van der Waals surface area contributed by atoms with Crippen LogP contribution in [0.1, 0.15) is 102 Å². The van der Waals surface area contributed by atoms with Crippen molar-refractivity contribution in [2.45, 2.75) is 85.0 Å². The molecule has 6 aromatic rings. The van der Waals surface area contributed by atoms with E-state index in [1.54, 1.807) is 0 Å². The summed E-state index contributed by atoms with van der Waals surface area (Å²) < 4.78 is 0. The van der Waals surface area contributed by atoms with Crippen molar-refractivity contribution in [2.24, 2.45) is 11.8 Å². The predicted octanol–water partition coefficient (Wildman–Crippen LogP) is 12.1. The van der Waals surface area contributed by atoms with Gasteiger partial charge in [0.2, 0.25) is 0 Å². The molecule has 5 heteroatoms. The maximum atomic E-state index is 11.7. The first-order valence-electron chi connectivity index (χ1n) is 19.0. The second-order valence-corrected chi connectivity index (χ2v) is 15.3. The van der Waals surface area contributed by atoms with Gasteiger partial charge in [0.25, 0.3) is 0 Å². The Labute approximate surface area is 328 Å². The van der Waals surface area contributed by atoms with Gasteiger partial charge in [-0.1, -0.05) is 132 Å². The SMILES string of the molecule is CC(C)(C)c1cc2ccnc3c2c(n1)C1(c2cc4ccccc4[c-]c2-3)c2ccccc2-c2ccccc21.CCC(CC)C(=O)/C=C(\O)C(CC)CC.[Ir].